The Labute approximate surface area is 104 Å². The maximum atomic E-state index is 5.33. The lowest BCUT2D eigenvalue weighted by molar-refractivity contribution is 0.407. The van der Waals surface area contributed by atoms with Crippen LogP contribution in [0.15, 0.2) is 42.7 Å². The van der Waals surface area contributed by atoms with Crippen molar-refractivity contribution in [1.29, 1.82) is 0 Å². The summed E-state index contributed by atoms with van der Waals surface area (Å²) in [6.07, 6.45) is 3.45. The molecule has 18 heavy (non-hydrogen) atoms. The molecule has 0 radical (unpaired) electrons. The number of nitrogens with zero attached hydrogens (tertiary/aromatic N) is 4. The zero-order chi connectivity index (χ0) is 12.4. The van der Waals surface area contributed by atoms with Crippen LogP contribution < -0.4 is 4.74 Å². The molecule has 0 amide bonds. The van der Waals surface area contributed by atoms with Crippen LogP contribution in [0.1, 0.15) is 5.56 Å². The lowest BCUT2D eigenvalue weighted by Gasteiger charge is -2.08. The molecule has 3 aromatic rings. The second-order valence-corrected chi connectivity index (χ2v) is 3.92. The first-order chi connectivity index (χ1) is 8.88. The van der Waals surface area contributed by atoms with Crippen molar-refractivity contribution in [3.05, 3.63) is 48.3 Å². The minimum absolute atomic E-state index is 0.629. The van der Waals surface area contributed by atoms with Gasteiger partial charge in [0.15, 0.2) is 0 Å². The van der Waals surface area contributed by atoms with E-state index in [4.69, 9.17) is 4.74 Å². The molecule has 0 fully saturated rings. The molecule has 1 aromatic carbocycles. The molecule has 0 unspecified atom stereocenters. The normalized spacial score (nSPS) is 10.7. The molecular formula is C13H12N4O. The summed E-state index contributed by atoms with van der Waals surface area (Å²) in [5, 5.41) is 8.22. The van der Waals surface area contributed by atoms with Crippen molar-refractivity contribution in [2.45, 2.75) is 6.54 Å². The third kappa shape index (κ3) is 1.79. The number of hydrogen-bond acceptors (Lipinski definition) is 4. The van der Waals surface area contributed by atoms with Crippen LogP contribution in [0.5, 0.6) is 5.75 Å². The Morgan fingerprint density at radius 2 is 2.11 bits per heavy atom. The number of pyridine rings is 1. The number of methoxy groups -OCH3 is 1. The van der Waals surface area contributed by atoms with Crippen molar-refractivity contribution < 1.29 is 4.74 Å². The molecule has 0 bridgehead atoms. The molecule has 0 N–H and O–H groups in total. The van der Waals surface area contributed by atoms with Crippen molar-refractivity contribution in [3.8, 4) is 5.75 Å². The fraction of sp³-hybridized carbons (Fsp3) is 0.154. The van der Waals surface area contributed by atoms with Gasteiger partial charge in [0, 0.05) is 11.8 Å². The molecule has 0 aliphatic rings. The summed E-state index contributed by atoms with van der Waals surface area (Å²) >= 11 is 0. The van der Waals surface area contributed by atoms with Crippen LogP contribution in [-0.2, 0) is 6.54 Å². The van der Waals surface area contributed by atoms with E-state index in [0.29, 0.717) is 6.54 Å². The highest BCUT2D eigenvalue weighted by Gasteiger charge is 2.07. The third-order valence-electron chi connectivity index (χ3n) is 2.83. The first-order valence-electron chi connectivity index (χ1n) is 5.63. The SMILES string of the molecule is COc1ccccc1Cn1nnc2cnccc21. The predicted molar refractivity (Wildman–Crippen MR) is 67.4 cm³/mol. The summed E-state index contributed by atoms with van der Waals surface area (Å²) in [6.45, 7) is 0.629. The fourth-order valence-electron chi connectivity index (χ4n) is 1.94. The number of hydrogen-bond donors (Lipinski definition) is 0. The van der Waals surface area contributed by atoms with Crippen molar-refractivity contribution >= 4 is 11.0 Å². The van der Waals surface area contributed by atoms with Crippen LogP contribution >= 0.6 is 0 Å². The summed E-state index contributed by atoms with van der Waals surface area (Å²) in [6, 6.07) is 9.80. The van der Waals surface area contributed by atoms with E-state index in [2.05, 4.69) is 15.3 Å². The van der Waals surface area contributed by atoms with Gasteiger partial charge in [0.25, 0.3) is 0 Å². The van der Waals surface area contributed by atoms with Crippen LogP contribution in [0.2, 0.25) is 0 Å². The zero-order valence-electron chi connectivity index (χ0n) is 9.95. The highest BCUT2D eigenvalue weighted by molar-refractivity contribution is 5.72. The van der Waals surface area contributed by atoms with Crippen LogP contribution in [0.3, 0.4) is 0 Å². The minimum atomic E-state index is 0.629. The number of fused-ring (bicyclic) bond motifs is 1. The Hall–Kier alpha value is -2.43. The first kappa shape index (κ1) is 10.7. The molecule has 0 saturated carbocycles. The van der Waals surface area contributed by atoms with Crippen molar-refractivity contribution in [3.63, 3.8) is 0 Å². The Bertz CT molecular complexity index is 677. The summed E-state index contributed by atoms with van der Waals surface area (Å²) in [5.41, 5.74) is 2.84. The number of para-hydroxylation sites is 1. The van der Waals surface area contributed by atoms with Crippen LogP contribution in [0.4, 0.5) is 0 Å². The molecule has 2 aromatic heterocycles. The molecular weight excluding hydrogens is 228 g/mol. The highest BCUT2D eigenvalue weighted by Crippen LogP contribution is 2.19. The van der Waals surface area contributed by atoms with Gasteiger partial charge in [-0.15, -0.1) is 5.10 Å². The molecule has 0 aliphatic heterocycles. The molecule has 0 aliphatic carbocycles. The number of ether oxygens (including phenoxy) is 1. The van der Waals surface area contributed by atoms with Gasteiger partial charge in [0.05, 0.1) is 25.4 Å². The third-order valence-corrected chi connectivity index (χ3v) is 2.83. The molecule has 3 rings (SSSR count). The van der Waals surface area contributed by atoms with E-state index in [1.807, 2.05) is 35.0 Å². The zero-order valence-corrected chi connectivity index (χ0v) is 9.95. The maximum absolute atomic E-state index is 5.33. The largest absolute Gasteiger partial charge is 0.496 e. The molecule has 0 atom stereocenters. The Kier molecular flexibility index (Phi) is 2.64. The lowest BCUT2D eigenvalue weighted by atomic mass is 10.2. The van der Waals surface area contributed by atoms with E-state index in [9.17, 15) is 0 Å². The number of rotatable bonds is 3. The standard InChI is InChI=1S/C13H12N4O/c1-18-13-5-3-2-4-10(13)9-17-12-6-7-14-8-11(12)15-16-17/h2-8H,9H2,1H3. The number of aromatic nitrogens is 4. The predicted octanol–water partition coefficient (Wildman–Crippen LogP) is 1.88. The summed E-state index contributed by atoms with van der Waals surface area (Å²) < 4.78 is 7.17. The smallest absolute Gasteiger partial charge is 0.131 e. The van der Waals surface area contributed by atoms with E-state index < -0.39 is 0 Å². The second-order valence-electron chi connectivity index (χ2n) is 3.92. The van der Waals surface area contributed by atoms with Crippen LogP contribution in [0, 0.1) is 0 Å². The molecule has 0 saturated heterocycles. The Morgan fingerprint density at radius 3 is 3.00 bits per heavy atom. The molecule has 5 heteroatoms. The Balaban J connectivity index is 2.01. The van der Waals surface area contributed by atoms with Gasteiger partial charge >= 0.3 is 0 Å². The van der Waals surface area contributed by atoms with Gasteiger partial charge < -0.3 is 4.74 Å². The van der Waals surface area contributed by atoms with E-state index in [0.717, 1.165) is 22.3 Å². The molecule has 0 spiro atoms. The van der Waals surface area contributed by atoms with Crippen molar-refractivity contribution in [1.82, 2.24) is 20.0 Å². The van der Waals surface area contributed by atoms with E-state index >= 15 is 0 Å². The molecule has 90 valence electrons. The van der Waals surface area contributed by atoms with Gasteiger partial charge in [0.1, 0.15) is 11.3 Å². The topological polar surface area (TPSA) is 52.8 Å². The first-order valence-corrected chi connectivity index (χ1v) is 5.63. The average molecular weight is 240 g/mol. The average Bonchev–Trinajstić information content (AvgIpc) is 2.83. The quantitative estimate of drug-likeness (QED) is 0.701. The summed E-state index contributed by atoms with van der Waals surface area (Å²) in [7, 11) is 1.67. The highest BCUT2D eigenvalue weighted by atomic mass is 16.5. The van der Waals surface area contributed by atoms with Gasteiger partial charge in [-0.3, -0.25) is 4.98 Å². The van der Waals surface area contributed by atoms with E-state index in [1.165, 1.54) is 0 Å². The van der Waals surface area contributed by atoms with Crippen molar-refractivity contribution in [2.24, 2.45) is 0 Å². The van der Waals surface area contributed by atoms with Gasteiger partial charge in [-0.2, -0.15) is 0 Å². The number of benzene rings is 1. The van der Waals surface area contributed by atoms with Gasteiger partial charge in [-0.05, 0) is 12.1 Å². The molecule has 2 heterocycles. The van der Waals surface area contributed by atoms with Crippen molar-refractivity contribution in [2.75, 3.05) is 7.11 Å². The molecule has 5 nitrogen and oxygen atoms in total. The Morgan fingerprint density at radius 1 is 1.22 bits per heavy atom. The van der Waals surface area contributed by atoms with E-state index in [1.54, 1.807) is 19.5 Å². The van der Waals surface area contributed by atoms with Gasteiger partial charge in [0.2, 0.25) is 0 Å². The van der Waals surface area contributed by atoms with E-state index in [-0.39, 0.29) is 0 Å². The lowest BCUT2D eigenvalue weighted by Crippen LogP contribution is -2.03. The summed E-state index contributed by atoms with van der Waals surface area (Å²) in [5.74, 6) is 0.857. The maximum Gasteiger partial charge on any atom is 0.131 e. The van der Waals surface area contributed by atoms with Crippen LogP contribution in [0.25, 0.3) is 11.0 Å². The minimum Gasteiger partial charge on any atom is -0.496 e. The fourth-order valence-corrected chi connectivity index (χ4v) is 1.94. The van der Waals surface area contributed by atoms with Crippen LogP contribution in [-0.4, -0.2) is 27.1 Å². The monoisotopic (exact) mass is 240 g/mol. The summed E-state index contributed by atoms with van der Waals surface area (Å²) in [4.78, 5) is 4.03. The van der Waals surface area contributed by atoms with Gasteiger partial charge in [-0.1, -0.05) is 23.4 Å². The van der Waals surface area contributed by atoms with Gasteiger partial charge in [-0.25, -0.2) is 4.68 Å². The second kappa shape index (κ2) is 4.44.